The van der Waals surface area contributed by atoms with Gasteiger partial charge in [-0.15, -0.1) is 0 Å². The van der Waals surface area contributed by atoms with E-state index in [1.165, 1.54) is 21.5 Å². The van der Waals surface area contributed by atoms with Gasteiger partial charge in [-0.25, -0.2) is 4.79 Å². The lowest BCUT2D eigenvalue weighted by Gasteiger charge is -2.06. The lowest BCUT2D eigenvalue weighted by atomic mass is 10.0. The van der Waals surface area contributed by atoms with Crippen molar-refractivity contribution in [2.45, 2.75) is 26.7 Å². The largest absolute Gasteiger partial charge is 0.462 e. The van der Waals surface area contributed by atoms with Gasteiger partial charge >= 0.3 is 5.97 Å². The van der Waals surface area contributed by atoms with Crippen LogP contribution in [0.3, 0.4) is 0 Å². The predicted molar refractivity (Wildman–Crippen MR) is 101 cm³/mol. The highest BCUT2D eigenvalue weighted by molar-refractivity contribution is 5.99. The van der Waals surface area contributed by atoms with Crippen LogP contribution in [-0.2, 0) is 9.53 Å². The normalized spacial score (nSPS) is 11.8. The number of rotatable bonds is 5. The molecule has 3 rings (SSSR count). The van der Waals surface area contributed by atoms with Crippen molar-refractivity contribution in [3.8, 4) is 0 Å². The molecule has 0 aliphatic rings. The molecule has 0 atom stereocenters. The van der Waals surface area contributed by atoms with Gasteiger partial charge in [-0.2, -0.15) is 0 Å². The van der Waals surface area contributed by atoms with Crippen LogP contribution in [0, 0.1) is 0 Å². The van der Waals surface area contributed by atoms with Crippen LogP contribution >= 0.6 is 0 Å². The number of esters is 1. The van der Waals surface area contributed by atoms with Gasteiger partial charge in [-0.05, 0) is 64.7 Å². The Morgan fingerprint density at radius 1 is 0.958 bits per heavy atom. The molecule has 2 heteroatoms. The molecule has 0 heterocycles. The molecule has 3 aromatic rings. The third kappa shape index (κ3) is 3.65. The van der Waals surface area contributed by atoms with Crippen LogP contribution in [0.15, 0.2) is 60.2 Å². The van der Waals surface area contributed by atoms with E-state index >= 15 is 0 Å². The maximum atomic E-state index is 12.0. The summed E-state index contributed by atoms with van der Waals surface area (Å²) < 4.78 is 5.25. The Bertz CT molecular complexity index is 906. The lowest BCUT2D eigenvalue weighted by molar-refractivity contribution is -0.138. The molecule has 0 aromatic heterocycles. The highest BCUT2D eigenvalue weighted by Gasteiger charge is 2.06. The Labute approximate surface area is 142 Å². The minimum Gasteiger partial charge on any atom is -0.462 e. The Balaban J connectivity index is 1.88. The quantitative estimate of drug-likeness (QED) is 0.259. The van der Waals surface area contributed by atoms with Crippen LogP contribution in [0.1, 0.15) is 32.3 Å². The molecule has 0 bridgehead atoms. The monoisotopic (exact) mass is 318 g/mol. The van der Waals surface area contributed by atoms with E-state index in [2.05, 4.69) is 49.4 Å². The molecule has 0 radical (unpaired) electrons. The molecule has 0 unspecified atom stereocenters. The van der Waals surface area contributed by atoms with Crippen molar-refractivity contribution in [2.75, 3.05) is 6.61 Å². The van der Waals surface area contributed by atoms with E-state index in [0.717, 1.165) is 18.4 Å². The summed E-state index contributed by atoms with van der Waals surface area (Å²) >= 11 is 0. The fourth-order valence-electron chi connectivity index (χ4n) is 2.78. The van der Waals surface area contributed by atoms with Crippen molar-refractivity contribution in [1.82, 2.24) is 0 Å². The minimum atomic E-state index is -0.234. The Kier molecular flexibility index (Phi) is 4.95. The molecule has 0 saturated carbocycles. The number of benzene rings is 3. The van der Waals surface area contributed by atoms with Gasteiger partial charge in [0.25, 0.3) is 0 Å². The molecular formula is C22H22O2. The average Bonchev–Trinajstić information content (AvgIpc) is 2.60. The van der Waals surface area contributed by atoms with Crippen molar-refractivity contribution < 1.29 is 9.53 Å². The molecular weight excluding hydrogens is 296 g/mol. The zero-order valence-corrected chi connectivity index (χ0v) is 14.2. The first-order chi connectivity index (χ1) is 11.7. The van der Waals surface area contributed by atoms with E-state index in [1.54, 1.807) is 6.92 Å². The van der Waals surface area contributed by atoms with Crippen molar-refractivity contribution in [2.24, 2.45) is 0 Å². The summed E-state index contributed by atoms with van der Waals surface area (Å²) in [5.41, 5.74) is 1.65. The molecule has 0 N–H and O–H groups in total. The molecule has 0 aliphatic carbocycles. The van der Waals surface area contributed by atoms with E-state index < -0.39 is 0 Å². The van der Waals surface area contributed by atoms with Crippen LogP contribution in [0.5, 0.6) is 0 Å². The predicted octanol–water partition coefficient (Wildman–Crippen LogP) is 5.74. The van der Waals surface area contributed by atoms with Crippen LogP contribution in [0.25, 0.3) is 27.6 Å². The summed E-state index contributed by atoms with van der Waals surface area (Å²) in [6.07, 6.45) is 3.82. The second-order valence-corrected chi connectivity index (χ2v) is 6.12. The summed E-state index contributed by atoms with van der Waals surface area (Å²) in [7, 11) is 0. The molecule has 0 spiro atoms. The average molecular weight is 318 g/mol. The summed E-state index contributed by atoms with van der Waals surface area (Å²) in [6, 6.07) is 19.0. The minimum absolute atomic E-state index is 0.234. The molecule has 122 valence electrons. The Morgan fingerprint density at radius 2 is 1.62 bits per heavy atom. The van der Waals surface area contributed by atoms with Gasteiger partial charge in [0, 0.05) is 5.57 Å². The summed E-state index contributed by atoms with van der Waals surface area (Å²) in [5.74, 6) is -0.234. The summed E-state index contributed by atoms with van der Waals surface area (Å²) in [6.45, 7) is 4.37. The van der Waals surface area contributed by atoms with Crippen LogP contribution in [0.2, 0.25) is 0 Å². The topological polar surface area (TPSA) is 26.3 Å². The van der Waals surface area contributed by atoms with E-state index in [-0.39, 0.29) is 5.97 Å². The van der Waals surface area contributed by atoms with Gasteiger partial charge in [0.05, 0.1) is 6.61 Å². The third-order valence-corrected chi connectivity index (χ3v) is 4.17. The lowest BCUT2D eigenvalue weighted by Crippen LogP contribution is -2.06. The number of carbonyl (C=O) groups excluding carboxylic acids is 1. The van der Waals surface area contributed by atoms with Gasteiger partial charge in [0.1, 0.15) is 0 Å². The second-order valence-electron chi connectivity index (χ2n) is 6.12. The third-order valence-electron chi connectivity index (χ3n) is 4.17. The number of ether oxygens (including phenoxy) is 1. The molecule has 0 saturated heterocycles. The molecule has 3 aromatic carbocycles. The molecule has 0 amide bonds. The molecule has 24 heavy (non-hydrogen) atoms. The fourth-order valence-corrected chi connectivity index (χ4v) is 2.78. The Morgan fingerprint density at radius 3 is 2.33 bits per heavy atom. The van der Waals surface area contributed by atoms with E-state index in [1.807, 2.05) is 18.2 Å². The summed E-state index contributed by atoms with van der Waals surface area (Å²) in [4.78, 5) is 12.0. The van der Waals surface area contributed by atoms with Crippen molar-refractivity contribution in [3.63, 3.8) is 0 Å². The van der Waals surface area contributed by atoms with Gasteiger partial charge in [0.2, 0.25) is 0 Å². The first-order valence-corrected chi connectivity index (χ1v) is 8.45. The zero-order valence-electron chi connectivity index (χ0n) is 14.2. The SMILES string of the molecule is CCCCOC(=O)C(C)=Cc1ccc2cc3ccccc3cc2c1. The maximum absolute atomic E-state index is 12.0. The second kappa shape index (κ2) is 7.31. The zero-order chi connectivity index (χ0) is 16.9. The van der Waals surface area contributed by atoms with Crippen LogP contribution in [0.4, 0.5) is 0 Å². The first-order valence-electron chi connectivity index (χ1n) is 8.45. The van der Waals surface area contributed by atoms with Crippen LogP contribution < -0.4 is 0 Å². The van der Waals surface area contributed by atoms with Crippen molar-refractivity contribution >= 4 is 33.6 Å². The van der Waals surface area contributed by atoms with E-state index in [9.17, 15) is 4.79 Å². The van der Waals surface area contributed by atoms with Gasteiger partial charge < -0.3 is 4.74 Å². The van der Waals surface area contributed by atoms with Crippen molar-refractivity contribution in [3.05, 3.63) is 65.7 Å². The number of carbonyl (C=O) groups is 1. The van der Waals surface area contributed by atoms with Gasteiger partial charge in [-0.3, -0.25) is 0 Å². The first kappa shape index (κ1) is 16.3. The Hall–Kier alpha value is -2.61. The fraction of sp³-hybridized carbons (Fsp3) is 0.227. The maximum Gasteiger partial charge on any atom is 0.333 e. The number of hydrogen-bond acceptors (Lipinski definition) is 2. The number of fused-ring (bicyclic) bond motifs is 2. The van der Waals surface area contributed by atoms with Crippen LogP contribution in [-0.4, -0.2) is 12.6 Å². The van der Waals surface area contributed by atoms with E-state index in [4.69, 9.17) is 4.74 Å². The molecule has 0 aliphatic heterocycles. The number of unbranched alkanes of at least 4 members (excludes halogenated alkanes) is 1. The van der Waals surface area contributed by atoms with Crippen molar-refractivity contribution in [1.29, 1.82) is 0 Å². The molecule has 0 fully saturated rings. The van der Waals surface area contributed by atoms with Gasteiger partial charge in [-0.1, -0.05) is 49.7 Å². The number of hydrogen-bond donors (Lipinski definition) is 0. The highest BCUT2D eigenvalue weighted by Crippen LogP contribution is 2.24. The summed E-state index contributed by atoms with van der Waals surface area (Å²) in [5, 5.41) is 4.84. The van der Waals surface area contributed by atoms with E-state index in [0.29, 0.717) is 12.2 Å². The molecule has 2 nitrogen and oxygen atoms in total. The van der Waals surface area contributed by atoms with Gasteiger partial charge in [0.15, 0.2) is 0 Å². The highest BCUT2D eigenvalue weighted by atomic mass is 16.5. The standard InChI is InChI=1S/C22H22O2/c1-3-4-11-24-22(23)16(2)12-17-9-10-20-14-18-7-5-6-8-19(18)15-21(20)13-17/h5-10,12-15H,3-4,11H2,1-2H3. The smallest absolute Gasteiger partial charge is 0.333 e.